The van der Waals surface area contributed by atoms with Gasteiger partial charge in [-0.2, -0.15) is 0 Å². The Labute approximate surface area is 174 Å². The van der Waals surface area contributed by atoms with E-state index < -0.39 is 0 Å². The number of halogens is 2. The lowest BCUT2D eigenvalue weighted by Crippen LogP contribution is -2.50. The van der Waals surface area contributed by atoms with Crippen LogP contribution >= 0.6 is 24.0 Å². The van der Waals surface area contributed by atoms with Crippen molar-refractivity contribution in [3.8, 4) is 11.5 Å². The number of ether oxygens (including phenoxy) is 1. The highest BCUT2D eigenvalue weighted by molar-refractivity contribution is 6.33. The third-order valence-corrected chi connectivity index (χ3v) is 4.87. The van der Waals surface area contributed by atoms with Gasteiger partial charge >= 0.3 is 0 Å². The van der Waals surface area contributed by atoms with E-state index in [9.17, 15) is 14.7 Å². The first-order chi connectivity index (χ1) is 12.9. The van der Waals surface area contributed by atoms with Crippen molar-refractivity contribution >= 4 is 41.5 Å². The van der Waals surface area contributed by atoms with Crippen LogP contribution in [0.4, 0.5) is 5.69 Å². The van der Waals surface area contributed by atoms with Crippen LogP contribution in [0.1, 0.15) is 20.7 Å². The normalized spacial score (nSPS) is 13.6. The van der Waals surface area contributed by atoms with Crippen molar-refractivity contribution in [1.82, 2.24) is 9.80 Å². The molecule has 1 aliphatic rings. The van der Waals surface area contributed by atoms with Crippen molar-refractivity contribution in [2.24, 2.45) is 0 Å². The lowest BCUT2D eigenvalue weighted by molar-refractivity contribution is 0.0532. The van der Waals surface area contributed by atoms with Crippen LogP contribution in [-0.4, -0.2) is 60.0 Å². The second-order valence-corrected chi connectivity index (χ2v) is 6.58. The Hall–Kier alpha value is -2.64. The monoisotopic (exact) mass is 425 g/mol. The Bertz CT molecular complexity index is 883. The van der Waals surface area contributed by atoms with Gasteiger partial charge in [-0.15, -0.1) is 12.4 Å². The topological polar surface area (TPSA) is 96.1 Å². The van der Waals surface area contributed by atoms with E-state index in [0.29, 0.717) is 43.2 Å². The highest BCUT2D eigenvalue weighted by Crippen LogP contribution is 2.30. The number of piperazine rings is 1. The maximum Gasteiger partial charge on any atom is 0.257 e. The number of nitrogen functional groups attached to an aromatic ring is 1. The van der Waals surface area contributed by atoms with Gasteiger partial charge in [0, 0.05) is 32.2 Å². The molecule has 7 nitrogen and oxygen atoms in total. The summed E-state index contributed by atoms with van der Waals surface area (Å²) in [6.45, 7) is 1.46. The van der Waals surface area contributed by atoms with Crippen LogP contribution in [0.5, 0.6) is 11.5 Å². The number of hydrogen-bond donors (Lipinski definition) is 2. The van der Waals surface area contributed by atoms with Crippen LogP contribution in [-0.2, 0) is 0 Å². The van der Waals surface area contributed by atoms with Crippen molar-refractivity contribution < 1.29 is 19.4 Å². The summed E-state index contributed by atoms with van der Waals surface area (Å²) in [5.41, 5.74) is 6.68. The predicted molar refractivity (Wildman–Crippen MR) is 110 cm³/mol. The maximum absolute atomic E-state index is 12.8. The Kier molecular flexibility index (Phi) is 6.99. The van der Waals surface area contributed by atoms with E-state index in [1.54, 1.807) is 28.0 Å². The molecule has 9 heteroatoms. The molecular formula is C19H21Cl2N3O4. The molecule has 0 radical (unpaired) electrons. The molecule has 2 aromatic carbocycles. The van der Waals surface area contributed by atoms with Crippen molar-refractivity contribution in [1.29, 1.82) is 0 Å². The first-order valence-electron chi connectivity index (χ1n) is 8.42. The van der Waals surface area contributed by atoms with E-state index in [0.717, 1.165) is 0 Å². The van der Waals surface area contributed by atoms with Gasteiger partial charge in [-0.1, -0.05) is 23.7 Å². The molecule has 1 heterocycles. The van der Waals surface area contributed by atoms with Crippen LogP contribution < -0.4 is 10.5 Å². The Morgan fingerprint density at radius 2 is 1.57 bits per heavy atom. The third-order valence-electron chi connectivity index (χ3n) is 4.54. The lowest BCUT2D eigenvalue weighted by atomic mass is 10.1. The zero-order valence-electron chi connectivity index (χ0n) is 15.2. The molecule has 0 bridgehead atoms. The van der Waals surface area contributed by atoms with E-state index in [1.807, 2.05) is 0 Å². The molecule has 0 aromatic heterocycles. The van der Waals surface area contributed by atoms with Gasteiger partial charge in [0.2, 0.25) is 0 Å². The summed E-state index contributed by atoms with van der Waals surface area (Å²) in [5, 5.41) is 10.1. The first-order valence-corrected chi connectivity index (χ1v) is 8.79. The van der Waals surface area contributed by atoms with Gasteiger partial charge in [-0.25, -0.2) is 0 Å². The number of amides is 2. The molecule has 150 valence electrons. The van der Waals surface area contributed by atoms with E-state index in [1.165, 1.54) is 25.3 Å². The van der Waals surface area contributed by atoms with Crippen molar-refractivity contribution in [3.05, 3.63) is 52.5 Å². The first kappa shape index (κ1) is 21.7. The van der Waals surface area contributed by atoms with E-state index >= 15 is 0 Å². The summed E-state index contributed by atoms with van der Waals surface area (Å²) in [4.78, 5) is 28.7. The molecule has 1 fully saturated rings. The van der Waals surface area contributed by atoms with Crippen LogP contribution in [0, 0.1) is 0 Å². The standard InChI is InChI=1S/C19H20ClN3O4.ClH/c1-27-17-11-15(21)14(20)10-13(17)19(26)23-8-6-22(7-9-23)18(25)12-4-2-3-5-16(12)24;/h2-5,10-11,24H,6-9,21H2,1H3;1H. The summed E-state index contributed by atoms with van der Waals surface area (Å²) in [6, 6.07) is 9.43. The number of nitrogens with zero attached hydrogens (tertiary/aromatic N) is 2. The fourth-order valence-corrected chi connectivity index (χ4v) is 3.18. The zero-order valence-corrected chi connectivity index (χ0v) is 16.8. The average molecular weight is 426 g/mol. The summed E-state index contributed by atoms with van der Waals surface area (Å²) in [7, 11) is 1.46. The predicted octanol–water partition coefficient (Wildman–Crippen LogP) is 2.66. The van der Waals surface area contributed by atoms with Gasteiger partial charge in [0.1, 0.15) is 11.5 Å². The summed E-state index contributed by atoms with van der Waals surface area (Å²) in [5.74, 6) is -0.186. The number of methoxy groups -OCH3 is 1. The molecule has 0 saturated carbocycles. The van der Waals surface area contributed by atoms with Crippen LogP contribution in [0.3, 0.4) is 0 Å². The van der Waals surface area contributed by atoms with Gasteiger partial charge in [-0.05, 0) is 18.2 Å². The van der Waals surface area contributed by atoms with Crippen molar-refractivity contribution in [2.45, 2.75) is 0 Å². The molecule has 2 amide bonds. The molecule has 0 unspecified atom stereocenters. The number of carbonyl (C=O) groups excluding carboxylic acids is 2. The quantitative estimate of drug-likeness (QED) is 0.736. The minimum atomic E-state index is -0.256. The molecule has 3 rings (SSSR count). The Balaban J connectivity index is 0.00000280. The molecule has 1 saturated heterocycles. The fourth-order valence-electron chi connectivity index (χ4n) is 3.01. The van der Waals surface area contributed by atoms with Crippen molar-refractivity contribution in [3.63, 3.8) is 0 Å². The number of anilines is 1. The van der Waals surface area contributed by atoms with Crippen molar-refractivity contribution in [2.75, 3.05) is 39.0 Å². The largest absolute Gasteiger partial charge is 0.507 e. The number of carbonyl (C=O) groups is 2. The molecule has 2 aromatic rings. The minimum absolute atomic E-state index is 0. The highest BCUT2D eigenvalue weighted by atomic mass is 35.5. The number of aromatic hydroxyl groups is 1. The van der Waals surface area contributed by atoms with E-state index in [2.05, 4.69) is 0 Å². The van der Waals surface area contributed by atoms with Crippen LogP contribution in [0.2, 0.25) is 5.02 Å². The van der Waals surface area contributed by atoms with Gasteiger partial charge in [0.15, 0.2) is 0 Å². The third kappa shape index (κ3) is 4.26. The molecule has 0 atom stereocenters. The van der Waals surface area contributed by atoms with E-state index in [4.69, 9.17) is 22.1 Å². The van der Waals surface area contributed by atoms with Gasteiger partial charge in [0.25, 0.3) is 11.8 Å². The number of rotatable bonds is 3. The molecule has 28 heavy (non-hydrogen) atoms. The Morgan fingerprint density at radius 3 is 2.11 bits per heavy atom. The molecule has 0 spiro atoms. The summed E-state index contributed by atoms with van der Waals surface area (Å²) in [6.07, 6.45) is 0. The number of phenolic OH excluding ortho intramolecular Hbond substituents is 1. The number of para-hydroxylation sites is 1. The number of hydrogen-bond acceptors (Lipinski definition) is 5. The smallest absolute Gasteiger partial charge is 0.257 e. The number of nitrogens with two attached hydrogens (primary N) is 1. The zero-order chi connectivity index (χ0) is 19.6. The number of phenols is 1. The summed E-state index contributed by atoms with van der Waals surface area (Å²) < 4.78 is 5.25. The molecule has 3 N–H and O–H groups in total. The minimum Gasteiger partial charge on any atom is -0.507 e. The maximum atomic E-state index is 12.8. The van der Waals surface area contributed by atoms with Gasteiger partial charge in [-0.3, -0.25) is 9.59 Å². The lowest BCUT2D eigenvalue weighted by Gasteiger charge is -2.35. The molecule has 1 aliphatic heterocycles. The molecule has 0 aliphatic carbocycles. The highest BCUT2D eigenvalue weighted by Gasteiger charge is 2.28. The van der Waals surface area contributed by atoms with Gasteiger partial charge in [0.05, 0.1) is 28.9 Å². The second kappa shape index (κ2) is 9.03. The van der Waals surface area contributed by atoms with Crippen LogP contribution in [0.15, 0.2) is 36.4 Å². The fraction of sp³-hybridized carbons (Fsp3) is 0.263. The molecular weight excluding hydrogens is 405 g/mol. The average Bonchev–Trinajstić information content (AvgIpc) is 2.69. The Morgan fingerprint density at radius 1 is 1.04 bits per heavy atom. The van der Waals surface area contributed by atoms with Gasteiger partial charge < -0.3 is 25.4 Å². The van der Waals surface area contributed by atoms with E-state index in [-0.39, 0.29) is 40.6 Å². The van der Waals surface area contributed by atoms with Crippen LogP contribution in [0.25, 0.3) is 0 Å². The SMILES string of the molecule is COc1cc(N)c(Cl)cc1C(=O)N1CCN(C(=O)c2ccccc2O)CC1.Cl. The summed E-state index contributed by atoms with van der Waals surface area (Å²) >= 11 is 6.05. The number of benzene rings is 2. The second-order valence-electron chi connectivity index (χ2n) is 6.18.